The maximum absolute atomic E-state index is 13.8. The summed E-state index contributed by atoms with van der Waals surface area (Å²) in [5, 5.41) is 5.84. The number of ketones is 1. The second kappa shape index (κ2) is 13.5. The highest BCUT2D eigenvalue weighted by Gasteiger charge is 2.68. The van der Waals surface area contributed by atoms with Gasteiger partial charge in [-0.2, -0.15) is 0 Å². The molecule has 4 fully saturated rings. The summed E-state index contributed by atoms with van der Waals surface area (Å²) >= 11 is 0. The number of unbranched alkanes of at least 4 members (excludes halogenated alkanes) is 1. The van der Waals surface area contributed by atoms with Gasteiger partial charge in [-0.3, -0.25) is 9.59 Å². The van der Waals surface area contributed by atoms with Crippen molar-refractivity contribution in [3.05, 3.63) is 35.4 Å². The molecule has 232 valence electrons. The Morgan fingerprint density at radius 2 is 1.81 bits per heavy atom. The van der Waals surface area contributed by atoms with E-state index in [0.717, 1.165) is 25.7 Å². The predicted molar refractivity (Wildman–Crippen MR) is 166 cm³/mol. The molecule has 0 radical (unpaired) electrons. The van der Waals surface area contributed by atoms with E-state index in [2.05, 4.69) is 52.2 Å². The van der Waals surface area contributed by atoms with Gasteiger partial charge in [0, 0.05) is 24.4 Å². The van der Waals surface area contributed by atoms with Crippen LogP contribution in [-0.2, 0) is 20.5 Å². The van der Waals surface area contributed by atoms with Crippen LogP contribution in [0.5, 0.6) is 0 Å². The molecule has 8 nitrogen and oxygen atoms in total. The third-order valence-corrected chi connectivity index (χ3v) is 10.3. The van der Waals surface area contributed by atoms with Gasteiger partial charge in [-0.05, 0) is 80.6 Å². The number of nitrogens with one attached hydrogen (secondary N) is 2. The van der Waals surface area contributed by atoms with Crippen LogP contribution in [0.25, 0.3) is 0 Å². The van der Waals surface area contributed by atoms with Crippen LogP contribution in [0, 0.1) is 29.1 Å². The molecule has 1 saturated heterocycles. The van der Waals surface area contributed by atoms with Gasteiger partial charge in [0.15, 0.2) is 5.78 Å². The van der Waals surface area contributed by atoms with Gasteiger partial charge in [-0.1, -0.05) is 65.3 Å². The van der Waals surface area contributed by atoms with Gasteiger partial charge in [-0.15, -0.1) is 0 Å². The summed E-state index contributed by atoms with van der Waals surface area (Å²) in [5.74, 6) is 0.289. The largest absolute Gasteiger partial charge is 0.481 e. The van der Waals surface area contributed by atoms with Crippen molar-refractivity contribution < 1.29 is 23.7 Å². The van der Waals surface area contributed by atoms with Crippen molar-refractivity contribution in [2.24, 2.45) is 34.8 Å². The van der Waals surface area contributed by atoms with E-state index in [-0.39, 0.29) is 41.2 Å². The predicted octanol–water partition coefficient (Wildman–Crippen LogP) is 5.47. The Morgan fingerprint density at radius 1 is 1.10 bits per heavy atom. The minimum atomic E-state index is -0.598. The lowest BCUT2D eigenvalue weighted by Gasteiger charge is -2.64. The van der Waals surface area contributed by atoms with E-state index in [0.29, 0.717) is 49.1 Å². The molecule has 2 bridgehead atoms. The lowest BCUT2D eigenvalue weighted by atomic mass is 9.43. The molecule has 0 aromatic heterocycles. The summed E-state index contributed by atoms with van der Waals surface area (Å²) in [6.45, 7) is 13.6. The maximum Gasteiger partial charge on any atom is 0.481 e. The molecule has 6 atom stereocenters. The topological polar surface area (TPSA) is 120 Å². The zero-order valence-corrected chi connectivity index (χ0v) is 26.5. The van der Waals surface area contributed by atoms with Crippen LogP contribution in [0.3, 0.4) is 0 Å². The average Bonchev–Trinajstić information content (AvgIpc) is 3.30. The molecule has 4 aliphatic rings. The second-order valence-corrected chi connectivity index (χ2v) is 14.1. The first-order chi connectivity index (χ1) is 19.8. The highest BCUT2D eigenvalue weighted by atomic mass is 16.7. The maximum atomic E-state index is 13.8. The molecular weight excluding hydrogens is 529 g/mol. The van der Waals surface area contributed by atoms with Crippen LogP contribution in [-0.4, -0.2) is 49.0 Å². The zero-order valence-electron chi connectivity index (χ0n) is 26.5. The van der Waals surface area contributed by atoms with E-state index in [1.165, 1.54) is 12.0 Å². The summed E-state index contributed by atoms with van der Waals surface area (Å²) in [7, 11) is -0.523. The lowest BCUT2D eigenvalue weighted by Crippen LogP contribution is -2.65. The fourth-order valence-electron chi connectivity index (χ4n) is 7.58. The van der Waals surface area contributed by atoms with E-state index < -0.39 is 19.1 Å². The molecule has 1 aliphatic heterocycles. The van der Waals surface area contributed by atoms with E-state index in [4.69, 9.17) is 15.0 Å². The van der Waals surface area contributed by atoms with E-state index in [1.54, 1.807) is 0 Å². The highest BCUT2D eigenvalue weighted by Crippen LogP contribution is 2.65. The first-order valence-electron chi connectivity index (χ1n) is 16.1. The van der Waals surface area contributed by atoms with Gasteiger partial charge in [0.1, 0.15) is 0 Å². The molecule has 0 unspecified atom stereocenters. The summed E-state index contributed by atoms with van der Waals surface area (Å²) in [4.78, 5) is 38.4. The molecule has 4 N–H and O–H groups in total. The summed E-state index contributed by atoms with van der Waals surface area (Å²) in [5.41, 5.74) is 6.93. The first-order valence-corrected chi connectivity index (χ1v) is 16.1. The number of benzene rings is 1. The van der Waals surface area contributed by atoms with Crippen molar-refractivity contribution in [1.82, 2.24) is 10.6 Å². The Morgan fingerprint density at radius 3 is 2.43 bits per heavy atom. The zero-order chi connectivity index (χ0) is 30.7. The molecule has 3 amide bonds. The number of rotatable bonds is 15. The van der Waals surface area contributed by atoms with Crippen LogP contribution >= 0.6 is 0 Å². The van der Waals surface area contributed by atoms with Gasteiger partial charge < -0.3 is 25.7 Å². The standard InChI is InChI=1S/C33H52BN3O5/c1-7-8-10-22-12-14-23(15-13-22)26(38)18-24(11-9-16-36-31(35)40)30(39)37-29(17-21(2)3)34-41-28-20-25-19-27(32(25,4)5)33(28,6)42-34/h12-15,21,24-25,27-29H,7-11,16-20H2,1-6H3,(H,37,39)(H3,35,36,40)/t24-,25+,27+,28-,29+,33+/m1/s1. The molecule has 1 heterocycles. The van der Waals surface area contributed by atoms with Crippen LogP contribution < -0.4 is 16.4 Å². The first kappa shape index (κ1) is 32.5. The van der Waals surface area contributed by atoms with Gasteiger partial charge >= 0.3 is 13.1 Å². The molecule has 5 rings (SSSR count). The number of aryl methyl sites for hydroxylation is 1. The Labute approximate surface area is 252 Å². The van der Waals surface area contributed by atoms with Crippen LogP contribution in [0.4, 0.5) is 4.79 Å². The summed E-state index contributed by atoms with van der Waals surface area (Å²) < 4.78 is 13.3. The van der Waals surface area contributed by atoms with Crippen LogP contribution in [0.2, 0.25) is 0 Å². The van der Waals surface area contributed by atoms with Gasteiger partial charge in [0.05, 0.1) is 17.6 Å². The van der Waals surface area contributed by atoms with E-state index in [9.17, 15) is 14.4 Å². The fourth-order valence-corrected chi connectivity index (χ4v) is 7.58. The summed E-state index contributed by atoms with van der Waals surface area (Å²) in [6, 6.07) is 7.16. The lowest BCUT2D eigenvalue weighted by molar-refractivity contribution is -0.199. The molecule has 3 saturated carbocycles. The molecule has 9 heteroatoms. The summed E-state index contributed by atoms with van der Waals surface area (Å²) in [6.07, 6.45) is 7.19. The van der Waals surface area contributed by atoms with Crippen molar-refractivity contribution in [3.8, 4) is 0 Å². The van der Waals surface area contributed by atoms with Crippen molar-refractivity contribution in [2.75, 3.05) is 6.54 Å². The number of Topliss-reactive ketones (excluding diaryl/α,β-unsaturated/α-hetero) is 1. The van der Waals surface area contributed by atoms with Crippen molar-refractivity contribution in [3.63, 3.8) is 0 Å². The highest BCUT2D eigenvalue weighted by molar-refractivity contribution is 6.47. The number of primary amides is 1. The van der Waals surface area contributed by atoms with Crippen molar-refractivity contribution in [2.45, 2.75) is 117 Å². The quantitative estimate of drug-likeness (QED) is 0.144. The Bertz CT molecular complexity index is 1110. The SMILES string of the molecule is CCCCc1ccc(C(=O)C[C@@H](CCCNC(N)=O)C(=O)N[C@@H](CC(C)C)B2O[C@@H]3C[C@@H]4C[C@@H](C4(C)C)[C@]3(C)O2)cc1. The second-order valence-electron chi connectivity index (χ2n) is 14.1. The Hall–Kier alpha value is -2.39. The Balaban J connectivity index is 1.45. The number of hydrogen-bond acceptors (Lipinski definition) is 5. The van der Waals surface area contributed by atoms with E-state index in [1.807, 2.05) is 24.3 Å². The van der Waals surface area contributed by atoms with Crippen LogP contribution in [0.15, 0.2) is 24.3 Å². The number of amides is 3. The fraction of sp³-hybridized carbons (Fsp3) is 0.727. The van der Waals surface area contributed by atoms with Gasteiger partial charge in [0.25, 0.3) is 0 Å². The Kier molecular flexibility index (Phi) is 10.5. The molecule has 1 aromatic rings. The third-order valence-electron chi connectivity index (χ3n) is 10.3. The van der Waals surface area contributed by atoms with Crippen molar-refractivity contribution >= 4 is 24.8 Å². The van der Waals surface area contributed by atoms with Gasteiger partial charge in [-0.25, -0.2) is 4.79 Å². The normalized spacial score (nSPS) is 27.1. The number of carbonyl (C=O) groups excluding carboxylic acids is 3. The number of hydrogen-bond donors (Lipinski definition) is 3. The van der Waals surface area contributed by atoms with Crippen molar-refractivity contribution in [1.29, 1.82) is 0 Å². The van der Waals surface area contributed by atoms with Gasteiger partial charge in [0.2, 0.25) is 5.91 Å². The third kappa shape index (κ3) is 7.21. The average molecular weight is 582 g/mol. The molecule has 1 aromatic carbocycles. The molecule has 3 aliphatic carbocycles. The monoisotopic (exact) mass is 581 g/mol. The van der Waals surface area contributed by atoms with E-state index >= 15 is 0 Å². The molecule has 42 heavy (non-hydrogen) atoms. The minimum absolute atomic E-state index is 0.0309. The molecular formula is C33H52BN3O5. The number of carbonyl (C=O) groups is 3. The minimum Gasteiger partial charge on any atom is -0.404 e. The number of nitrogens with two attached hydrogens (primary N) is 1. The smallest absolute Gasteiger partial charge is 0.404 e. The molecule has 0 spiro atoms. The van der Waals surface area contributed by atoms with Crippen LogP contribution in [0.1, 0.15) is 109 Å². The number of urea groups is 1.